The summed E-state index contributed by atoms with van der Waals surface area (Å²) in [6, 6.07) is 10.0. The van der Waals surface area contributed by atoms with Crippen LogP contribution in [0.1, 0.15) is 21.6 Å². The van der Waals surface area contributed by atoms with Crippen LogP contribution >= 0.6 is 0 Å². The number of benzene rings is 2. The number of amides is 1. The summed E-state index contributed by atoms with van der Waals surface area (Å²) in [6.45, 7) is 0.0475. The highest BCUT2D eigenvalue weighted by Crippen LogP contribution is 2.30. The third kappa shape index (κ3) is 4.36. The third-order valence-electron chi connectivity index (χ3n) is 5.97. The number of aromatic nitrogens is 3. The number of rotatable bonds is 4. The van der Waals surface area contributed by atoms with Gasteiger partial charge in [0.05, 0.1) is 22.3 Å². The van der Waals surface area contributed by atoms with Gasteiger partial charge in [-0.1, -0.05) is 6.07 Å². The Bertz CT molecular complexity index is 1460. The number of anilines is 1. The molecule has 180 valence electrons. The molecule has 0 spiro atoms. The van der Waals surface area contributed by atoms with E-state index >= 15 is 0 Å². The van der Waals surface area contributed by atoms with Gasteiger partial charge in [-0.15, -0.1) is 13.2 Å². The number of hydrogen-bond donors (Lipinski definition) is 1. The fourth-order valence-corrected chi connectivity index (χ4v) is 4.16. The Hall–Kier alpha value is -4.15. The summed E-state index contributed by atoms with van der Waals surface area (Å²) in [5.74, 6) is -1.28. The molecule has 35 heavy (non-hydrogen) atoms. The first-order chi connectivity index (χ1) is 16.6. The summed E-state index contributed by atoms with van der Waals surface area (Å²) in [4.78, 5) is 23.3. The van der Waals surface area contributed by atoms with Crippen molar-refractivity contribution in [1.29, 1.82) is 0 Å². The molecule has 1 amide bonds. The zero-order valence-corrected chi connectivity index (χ0v) is 18.4. The molecule has 0 fully saturated rings. The molecule has 0 atom stereocenters. The lowest BCUT2D eigenvalue weighted by molar-refractivity contribution is -0.274. The molecule has 7 nitrogen and oxygen atoms in total. The number of nitrogens with two attached hydrogens (primary N) is 1. The first-order valence-electron chi connectivity index (χ1n) is 10.6. The largest absolute Gasteiger partial charge is 0.573 e. The smallest absolute Gasteiger partial charge is 0.406 e. The second kappa shape index (κ2) is 8.26. The lowest BCUT2D eigenvalue weighted by Gasteiger charge is -2.28. The number of carbonyl (C=O) groups excluding carboxylic acids is 1. The van der Waals surface area contributed by atoms with E-state index in [0.717, 1.165) is 34.8 Å². The summed E-state index contributed by atoms with van der Waals surface area (Å²) >= 11 is 0. The molecule has 2 N–H and O–H groups in total. The standard InChI is InChI=1S/C24H19F4N5O2/c1-32-21-10-13(2-5-20(21)31-23(32)29)14-9-17-19(30-11-14)6-7-33(22(17)34)12-15-8-16(3-4-18(15)25)35-24(26,27)28/h2-5,8-11H,6-7,12H2,1H3,(H2,29,31). The van der Waals surface area contributed by atoms with E-state index in [1.165, 1.54) is 4.90 Å². The van der Waals surface area contributed by atoms with Crippen LogP contribution in [-0.2, 0) is 20.0 Å². The van der Waals surface area contributed by atoms with Gasteiger partial charge in [0, 0.05) is 43.9 Å². The van der Waals surface area contributed by atoms with Crippen molar-refractivity contribution >= 4 is 22.9 Å². The van der Waals surface area contributed by atoms with Gasteiger partial charge in [-0.05, 0) is 42.0 Å². The van der Waals surface area contributed by atoms with Crippen LogP contribution in [0.5, 0.6) is 5.75 Å². The quantitative estimate of drug-likeness (QED) is 0.432. The van der Waals surface area contributed by atoms with Crippen LogP contribution in [0.25, 0.3) is 22.2 Å². The molecule has 0 radical (unpaired) electrons. The maximum atomic E-state index is 14.3. The number of pyridine rings is 1. The van der Waals surface area contributed by atoms with Gasteiger partial charge >= 0.3 is 6.36 Å². The van der Waals surface area contributed by atoms with E-state index in [4.69, 9.17) is 5.73 Å². The average molecular weight is 485 g/mol. The van der Waals surface area contributed by atoms with Gasteiger partial charge in [-0.2, -0.15) is 0 Å². The van der Waals surface area contributed by atoms with Crippen molar-refractivity contribution < 1.29 is 27.1 Å². The Morgan fingerprint density at radius 3 is 2.69 bits per heavy atom. The maximum absolute atomic E-state index is 14.3. The number of fused-ring (bicyclic) bond motifs is 2. The van der Waals surface area contributed by atoms with Gasteiger partial charge < -0.3 is 19.9 Å². The predicted octanol–water partition coefficient (Wildman–Crippen LogP) is 4.45. The Morgan fingerprint density at radius 2 is 1.91 bits per heavy atom. The first-order valence-corrected chi connectivity index (χ1v) is 10.6. The summed E-state index contributed by atoms with van der Waals surface area (Å²) in [6.07, 6.45) is -2.79. The minimum Gasteiger partial charge on any atom is -0.406 e. The van der Waals surface area contributed by atoms with Crippen LogP contribution < -0.4 is 10.5 Å². The van der Waals surface area contributed by atoms with Gasteiger partial charge in [0.1, 0.15) is 11.6 Å². The molecule has 0 unspecified atom stereocenters. The molecule has 4 aromatic rings. The fourth-order valence-electron chi connectivity index (χ4n) is 4.16. The second-order valence-corrected chi connectivity index (χ2v) is 8.23. The van der Waals surface area contributed by atoms with Crippen molar-refractivity contribution in [2.24, 2.45) is 7.05 Å². The molecule has 5 rings (SSSR count). The van der Waals surface area contributed by atoms with E-state index in [0.29, 0.717) is 29.2 Å². The van der Waals surface area contributed by atoms with Crippen molar-refractivity contribution in [3.8, 4) is 16.9 Å². The molecule has 0 saturated heterocycles. The number of ether oxygens (including phenoxy) is 1. The highest BCUT2D eigenvalue weighted by Gasteiger charge is 2.32. The zero-order chi connectivity index (χ0) is 24.9. The van der Waals surface area contributed by atoms with Gasteiger partial charge in [0.25, 0.3) is 5.91 Å². The maximum Gasteiger partial charge on any atom is 0.573 e. The molecule has 2 aromatic carbocycles. The highest BCUT2D eigenvalue weighted by atomic mass is 19.4. The van der Waals surface area contributed by atoms with E-state index in [1.54, 1.807) is 23.9 Å². The second-order valence-electron chi connectivity index (χ2n) is 8.23. The Morgan fingerprint density at radius 1 is 1.11 bits per heavy atom. The summed E-state index contributed by atoms with van der Waals surface area (Å²) in [5.41, 5.74) is 9.84. The first kappa shape index (κ1) is 22.6. The van der Waals surface area contributed by atoms with E-state index in [-0.39, 0.29) is 24.6 Å². The minimum atomic E-state index is -4.90. The number of alkyl halides is 3. The molecular weight excluding hydrogens is 466 g/mol. The van der Waals surface area contributed by atoms with Crippen LogP contribution in [0.15, 0.2) is 48.7 Å². The molecular formula is C24H19F4N5O2. The number of nitrogens with zero attached hydrogens (tertiary/aromatic N) is 4. The Balaban J connectivity index is 1.43. The Kier molecular flexibility index (Phi) is 5.34. The topological polar surface area (TPSA) is 86.3 Å². The van der Waals surface area contributed by atoms with Crippen LogP contribution in [0, 0.1) is 5.82 Å². The van der Waals surface area contributed by atoms with Gasteiger partial charge in [-0.25, -0.2) is 9.37 Å². The van der Waals surface area contributed by atoms with E-state index in [1.807, 2.05) is 18.2 Å². The number of aryl methyl sites for hydroxylation is 1. The van der Waals surface area contributed by atoms with Crippen LogP contribution in [-0.4, -0.2) is 38.2 Å². The van der Waals surface area contributed by atoms with Crippen molar-refractivity contribution in [3.05, 3.63) is 71.3 Å². The predicted molar refractivity (Wildman–Crippen MR) is 120 cm³/mol. The van der Waals surface area contributed by atoms with Crippen molar-refractivity contribution in [1.82, 2.24) is 19.4 Å². The molecule has 0 saturated carbocycles. The zero-order valence-electron chi connectivity index (χ0n) is 18.4. The molecule has 3 heterocycles. The van der Waals surface area contributed by atoms with Crippen LogP contribution in [0.3, 0.4) is 0 Å². The lowest BCUT2D eigenvalue weighted by Crippen LogP contribution is -2.37. The van der Waals surface area contributed by atoms with Crippen molar-refractivity contribution in [3.63, 3.8) is 0 Å². The number of hydrogen-bond acceptors (Lipinski definition) is 5. The normalized spacial score (nSPS) is 13.9. The SMILES string of the molecule is Cn1c(N)nc2ccc(-c3cnc4c(c3)C(=O)N(Cc3cc(OC(F)(F)F)ccc3F)CC4)cc21. The van der Waals surface area contributed by atoms with Crippen LogP contribution in [0.2, 0.25) is 0 Å². The third-order valence-corrected chi connectivity index (χ3v) is 5.97. The van der Waals surface area contributed by atoms with Gasteiger partial charge in [0.2, 0.25) is 5.95 Å². The summed E-state index contributed by atoms with van der Waals surface area (Å²) in [7, 11) is 1.80. The van der Waals surface area contributed by atoms with Crippen molar-refractivity contribution in [2.75, 3.05) is 12.3 Å². The monoisotopic (exact) mass is 485 g/mol. The summed E-state index contributed by atoms with van der Waals surface area (Å²) < 4.78 is 57.6. The molecule has 1 aliphatic rings. The average Bonchev–Trinajstić information content (AvgIpc) is 3.09. The fraction of sp³-hybridized carbons (Fsp3) is 0.208. The van der Waals surface area contributed by atoms with Gasteiger partial charge in [0.15, 0.2) is 0 Å². The molecule has 2 aromatic heterocycles. The van der Waals surface area contributed by atoms with E-state index < -0.39 is 17.9 Å². The molecule has 0 aliphatic carbocycles. The van der Waals surface area contributed by atoms with Crippen LogP contribution in [0.4, 0.5) is 23.5 Å². The number of imidazole rings is 1. The molecule has 0 bridgehead atoms. The number of nitrogen functional groups attached to an aromatic ring is 1. The molecule has 1 aliphatic heterocycles. The summed E-state index contributed by atoms with van der Waals surface area (Å²) in [5, 5.41) is 0. The van der Waals surface area contributed by atoms with E-state index in [9.17, 15) is 22.4 Å². The molecule has 11 heteroatoms. The lowest BCUT2D eigenvalue weighted by atomic mass is 9.99. The van der Waals surface area contributed by atoms with Crippen molar-refractivity contribution in [2.45, 2.75) is 19.3 Å². The number of halogens is 4. The van der Waals surface area contributed by atoms with E-state index in [2.05, 4.69) is 14.7 Å². The Labute approximate surface area is 196 Å². The van der Waals surface area contributed by atoms with Gasteiger partial charge in [-0.3, -0.25) is 9.78 Å². The number of carbonyl (C=O) groups is 1. The minimum absolute atomic E-state index is 0.0769. The highest BCUT2D eigenvalue weighted by molar-refractivity contribution is 5.97.